The number of pyridine rings is 1. The van der Waals surface area contributed by atoms with E-state index in [1.54, 1.807) is 13.1 Å². The Kier molecular flexibility index (Phi) is 8.60. The standard InChI is InChI=1S/C29H37ClN6O5S/c1-7-39-26(37)21-24(32-17(2)25(33-21)42-19-8-12-35-15-11-31-23(35)20(19)30)36-13-9-29(10-14-36)16-40-18(3)22(29)34-27(38)41-28(4,5)6/h8,11-12,15,18,22H,7,9-10,13-14,16H2,1-6H3,(H,34,38)/t18-,22+/m0/s1. The van der Waals surface area contributed by atoms with E-state index in [1.165, 1.54) is 11.8 Å². The normalized spacial score (nSPS) is 20.2. The number of carbonyl (C=O) groups excluding carboxylic acids is 2. The lowest BCUT2D eigenvalue weighted by atomic mass is 9.73. The summed E-state index contributed by atoms with van der Waals surface area (Å²) in [4.78, 5) is 42.6. The van der Waals surface area contributed by atoms with Crippen molar-refractivity contribution >= 4 is 46.9 Å². The third-order valence-corrected chi connectivity index (χ3v) is 9.27. The number of nitrogens with one attached hydrogen (secondary N) is 1. The second kappa shape index (κ2) is 11.9. The minimum Gasteiger partial charge on any atom is -0.461 e. The summed E-state index contributed by atoms with van der Waals surface area (Å²) >= 11 is 7.97. The van der Waals surface area contributed by atoms with Crippen LogP contribution in [0, 0.1) is 12.3 Å². The Morgan fingerprint density at radius 1 is 1.24 bits per heavy atom. The maximum Gasteiger partial charge on any atom is 0.407 e. The van der Waals surface area contributed by atoms with Crippen LogP contribution in [0.15, 0.2) is 34.6 Å². The van der Waals surface area contributed by atoms with E-state index < -0.39 is 17.7 Å². The van der Waals surface area contributed by atoms with E-state index in [2.05, 4.69) is 15.2 Å². The average Bonchev–Trinajstić information content (AvgIpc) is 3.52. The number of nitrogens with zero attached hydrogens (tertiary/aromatic N) is 5. The van der Waals surface area contributed by atoms with Crippen molar-refractivity contribution in [2.45, 2.75) is 82.1 Å². The molecular formula is C29H37ClN6O5S. The first-order valence-corrected chi connectivity index (χ1v) is 15.3. The summed E-state index contributed by atoms with van der Waals surface area (Å²) in [7, 11) is 0. The molecule has 2 saturated heterocycles. The first-order chi connectivity index (χ1) is 19.9. The third-order valence-electron chi connectivity index (χ3n) is 7.65. The zero-order valence-corrected chi connectivity index (χ0v) is 26.3. The Morgan fingerprint density at radius 3 is 2.67 bits per heavy atom. The van der Waals surface area contributed by atoms with E-state index in [0.717, 1.165) is 17.7 Å². The van der Waals surface area contributed by atoms with Gasteiger partial charge in [0.25, 0.3) is 0 Å². The summed E-state index contributed by atoms with van der Waals surface area (Å²) in [6.45, 7) is 13.1. The van der Waals surface area contributed by atoms with Gasteiger partial charge in [0, 0.05) is 42.0 Å². The molecule has 2 aliphatic rings. The molecule has 3 aromatic rings. The van der Waals surface area contributed by atoms with Crippen molar-refractivity contribution in [1.82, 2.24) is 24.7 Å². The number of carbonyl (C=O) groups is 2. The molecule has 2 fully saturated rings. The number of ether oxygens (including phenoxy) is 3. The molecular weight excluding hydrogens is 580 g/mol. The summed E-state index contributed by atoms with van der Waals surface area (Å²) in [5.41, 5.74) is 0.632. The van der Waals surface area contributed by atoms with Gasteiger partial charge >= 0.3 is 12.1 Å². The summed E-state index contributed by atoms with van der Waals surface area (Å²) in [5, 5.41) is 4.14. The van der Waals surface area contributed by atoms with Crippen molar-refractivity contribution in [2.24, 2.45) is 5.41 Å². The number of piperidine rings is 1. The highest BCUT2D eigenvalue weighted by atomic mass is 35.5. The predicted octanol–water partition coefficient (Wildman–Crippen LogP) is 5.31. The molecule has 3 aromatic heterocycles. The van der Waals surface area contributed by atoms with Gasteiger partial charge < -0.3 is 28.8 Å². The molecule has 0 radical (unpaired) electrons. The van der Waals surface area contributed by atoms with Crippen LogP contribution in [0.5, 0.6) is 0 Å². The van der Waals surface area contributed by atoms with E-state index in [-0.39, 0.29) is 29.9 Å². The molecule has 0 aliphatic carbocycles. The first-order valence-electron chi connectivity index (χ1n) is 14.1. The number of hydrogen-bond donors (Lipinski definition) is 1. The highest BCUT2D eigenvalue weighted by Crippen LogP contribution is 2.44. The number of amides is 1. The van der Waals surface area contributed by atoms with Crippen LogP contribution < -0.4 is 10.2 Å². The Hall–Kier alpha value is -3.09. The summed E-state index contributed by atoms with van der Waals surface area (Å²) in [5.74, 6) is -0.0391. The van der Waals surface area contributed by atoms with Gasteiger partial charge in [-0.1, -0.05) is 23.4 Å². The molecule has 1 amide bonds. The van der Waals surface area contributed by atoms with Crippen LogP contribution >= 0.6 is 23.4 Å². The number of esters is 1. The number of anilines is 1. The van der Waals surface area contributed by atoms with Crippen molar-refractivity contribution in [3.8, 4) is 0 Å². The van der Waals surface area contributed by atoms with Crippen molar-refractivity contribution in [3.05, 3.63) is 41.1 Å². The van der Waals surface area contributed by atoms with E-state index >= 15 is 0 Å². The van der Waals surface area contributed by atoms with Crippen LogP contribution in [0.25, 0.3) is 5.65 Å². The van der Waals surface area contributed by atoms with E-state index in [1.807, 2.05) is 57.5 Å². The second-order valence-corrected chi connectivity index (χ2v) is 13.2. The van der Waals surface area contributed by atoms with Crippen LogP contribution in [0.2, 0.25) is 5.02 Å². The predicted molar refractivity (Wildman–Crippen MR) is 160 cm³/mol. The van der Waals surface area contributed by atoms with Gasteiger partial charge in [-0.05, 0) is 60.5 Å². The van der Waals surface area contributed by atoms with Crippen LogP contribution in [0.4, 0.5) is 10.6 Å². The zero-order chi connectivity index (χ0) is 30.2. The van der Waals surface area contributed by atoms with Crippen LogP contribution in [-0.2, 0) is 14.2 Å². The largest absolute Gasteiger partial charge is 0.461 e. The average molecular weight is 617 g/mol. The molecule has 42 heavy (non-hydrogen) atoms. The summed E-state index contributed by atoms with van der Waals surface area (Å²) < 4.78 is 18.8. The number of alkyl carbamates (subject to hydrolysis) is 1. The molecule has 0 saturated carbocycles. The molecule has 5 heterocycles. The highest BCUT2D eigenvalue weighted by molar-refractivity contribution is 7.99. The molecule has 5 rings (SSSR count). The summed E-state index contributed by atoms with van der Waals surface area (Å²) in [6.07, 6.45) is 6.26. The van der Waals surface area contributed by atoms with Crippen LogP contribution in [-0.4, -0.2) is 75.5 Å². The molecule has 13 heteroatoms. The SMILES string of the molecule is CCOC(=O)c1nc(Sc2ccn3ccnc3c2Cl)c(C)nc1N1CCC2(CC1)CO[C@@H](C)[C@H]2NC(=O)OC(C)(C)C. The monoisotopic (exact) mass is 616 g/mol. The van der Waals surface area contributed by atoms with Gasteiger partial charge in [0.05, 0.1) is 36.1 Å². The molecule has 11 nitrogen and oxygen atoms in total. The van der Waals surface area contributed by atoms with Gasteiger partial charge in [-0.25, -0.2) is 24.5 Å². The Balaban J connectivity index is 1.38. The van der Waals surface area contributed by atoms with Crippen LogP contribution in [0.1, 0.15) is 63.6 Å². The maximum absolute atomic E-state index is 13.1. The molecule has 0 bridgehead atoms. The first kappa shape index (κ1) is 30.4. The van der Waals surface area contributed by atoms with E-state index in [9.17, 15) is 9.59 Å². The van der Waals surface area contributed by atoms with Crippen molar-refractivity contribution < 1.29 is 23.8 Å². The smallest absolute Gasteiger partial charge is 0.407 e. The number of halogens is 1. The lowest BCUT2D eigenvalue weighted by Crippen LogP contribution is -2.55. The number of imidazole rings is 1. The van der Waals surface area contributed by atoms with Gasteiger partial charge in [0.15, 0.2) is 17.2 Å². The Labute approximate surface area is 254 Å². The Bertz CT molecular complexity index is 1480. The number of rotatable bonds is 6. The third kappa shape index (κ3) is 6.16. The van der Waals surface area contributed by atoms with E-state index in [0.29, 0.717) is 46.9 Å². The van der Waals surface area contributed by atoms with Crippen molar-refractivity contribution in [2.75, 3.05) is 31.2 Å². The Morgan fingerprint density at radius 2 is 1.98 bits per heavy atom. The number of aryl methyl sites for hydroxylation is 1. The lowest BCUT2D eigenvalue weighted by Gasteiger charge is -2.43. The number of aromatic nitrogens is 4. The molecule has 0 unspecified atom stereocenters. The molecule has 1 N–H and O–H groups in total. The molecule has 2 aliphatic heterocycles. The minimum atomic E-state index is -0.592. The minimum absolute atomic E-state index is 0.148. The maximum atomic E-state index is 13.1. The van der Waals surface area contributed by atoms with Gasteiger partial charge in [-0.2, -0.15) is 0 Å². The second-order valence-electron chi connectivity index (χ2n) is 11.8. The molecule has 2 atom stereocenters. The molecule has 0 aromatic carbocycles. The van der Waals surface area contributed by atoms with Gasteiger partial charge in [-0.3, -0.25) is 0 Å². The van der Waals surface area contributed by atoms with E-state index in [4.69, 9.17) is 35.8 Å². The molecule has 226 valence electrons. The fourth-order valence-corrected chi connectivity index (χ4v) is 6.74. The topological polar surface area (TPSA) is 120 Å². The lowest BCUT2D eigenvalue weighted by molar-refractivity contribution is 0.0432. The number of hydrogen-bond acceptors (Lipinski definition) is 10. The fraction of sp³-hybridized carbons (Fsp3) is 0.552. The zero-order valence-electron chi connectivity index (χ0n) is 24.8. The molecule has 1 spiro atoms. The quantitative estimate of drug-likeness (QED) is 0.365. The van der Waals surface area contributed by atoms with Crippen molar-refractivity contribution in [3.63, 3.8) is 0 Å². The van der Waals surface area contributed by atoms with Gasteiger partial charge in [0.1, 0.15) is 10.6 Å². The fourth-order valence-electron chi connectivity index (χ4n) is 5.57. The van der Waals surface area contributed by atoms with Crippen LogP contribution in [0.3, 0.4) is 0 Å². The van der Waals surface area contributed by atoms with Gasteiger partial charge in [0.2, 0.25) is 0 Å². The van der Waals surface area contributed by atoms with Crippen molar-refractivity contribution in [1.29, 1.82) is 0 Å². The van der Waals surface area contributed by atoms with Gasteiger partial charge in [-0.15, -0.1) is 0 Å². The highest BCUT2D eigenvalue weighted by Gasteiger charge is 2.51. The number of fused-ring (bicyclic) bond motifs is 1. The summed E-state index contributed by atoms with van der Waals surface area (Å²) in [6, 6.07) is 1.69.